The normalized spacial score (nSPS) is 24.1. The molecule has 0 radical (unpaired) electrons. The molecular formula is C15H23N3O2. The van der Waals surface area contributed by atoms with E-state index in [1.807, 2.05) is 18.2 Å². The van der Waals surface area contributed by atoms with E-state index >= 15 is 0 Å². The third-order valence-electron chi connectivity index (χ3n) is 3.91. The highest BCUT2D eigenvalue weighted by Crippen LogP contribution is 2.26. The molecular weight excluding hydrogens is 254 g/mol. The highest BCUT2D eigenvalue weighted by Gasteiger charge is 2.32. The second-order valence-corrected chi connectivity index (χ2v) is 5.58. The minimum Gasteiger partial charge on any atom is -0.389 e. The van der Waals surface area contributed by atoms with Gasteiger partial charge in [-0.05, 0) is 31.4 Å². The molecule has 4 N–H and O–H groups in total. The summed E-state index contributed by atoms with van der Waals surface area (Å²) in [6.45, 7) is 2.63. The summed E-state index contributed by atoms with van der Waals surface area (Å²) in [6.07, 6.45) is 2.23. The zero-order valence-corrected chi connectivity index (χ0v) is 11.7. The predicted octanol–water partition coefficient (Wildman–Crippen LogP) is 0.784. The lowest BCUT2D eigenvalue weighted by Crippen LogP contribution is -2.40. The number of hydrazine groups is 1. The van der Waals surface area contributed by atoms with Gasteiger partial charge in [-0.1, -0.05) is 30.3 Å². The van der Waals surface area contributed by atoms with E-state index in [1.54, 1.807) is 0 Å². The molecule has 0 aromatic heterocycles. The molecule has 5 nitrogen and oxygen atoms in total. The Kier molecular flexibility index (Phi) is 5.11. The van der Waals surface area contributed by atoms with Crippen LogP contribution in [0, 0.1) is 0 Å². The van der Waals surface area contributed by atoms with Gasteiger partial charge in [-0.15, -0.1) is 0 Å². The Bertz CT molecular complexity index is 438. The van der Waals surface area contributed by atoms with Gasteiger partial charge in [-0.25, -0.2) is 5.84 Å². The Morgan fingerprint density at radius 2 is 2.05 bits per heavy atom. The number of amides is 1. The van der Waals surface area contributed by atoms with Gasteiger partial charge in [0.05, 0.1) is 12.0 Å². The molecule has 1 aromatic carbocycles. The van der Waals surface area contributed by atoms with E-state index in [0.717, 1.165) is 26.1 Å². The fraction of sp³-hybridized carbons (Fsp3) is 0.533. The van der Waals surface area contributed by atoms with Crippen molar-refractivity contribution in [3.05, 3.63) is 35.9 Å². The van der Waals surface area contributed by atoms with Crippen LogP contribution in [0.2, 0.25) is 0 Å². The first kappa shape index (κ1) is 15.0. The van der Waals surface area contributed by atoms with Crippen LogP contribution < -0.4 is 11.3 Å². The van der Waals surface area contributed by atoms with Gasteiger partial charge < -0.3 is 5.11 Å². The second-order valence-electron chi connectivity index (χ2n) is 5.58. The SMILES string of the molecule is NNC(=O)CC1(O)CCCN(Cc2ccccc2)CC1. The number of carbonyl (C=O) groups is 1. The first-order valence-electron chi connectivity index (χ1n) is 7.09. The van der Waals surface area contributed by atoms with E-state index in [2.05, 4.69) is 22.5 Å². The second kappa shape index (κ2) is 6.83. The minimum atomic E-state index is -0.922. The summed E-state index contributed by atoms with van der Waals surface area (Å²) < 4.78 is 0. The summed E-state index contributed by atoms with van der Waals surface area (Å²) in [6, 6.07) is 10.3. The summed E-state index contributed by atoms with van der Waals surface area (Å²) >= 11 is 0. The van der Waals surface area contributed by atoms with Crippen LogP contribution in [0.25, 0.3) is 0 Å². The molecule has 1 aliphatic heterocycles. The Balaban J connectivity index is 1.90. The van der Waals surface area contributed by atoms with Crippen LogP contribution in [0.5, 0.6) is 0 Å². The number of likely N-dealkylation sites (tertiary alicyclic amines) is 1. The summed E-state index contributed by atoms with van der Waals surface area (Å²) in [5, 5.41) is 10.5. The molecule has 1 aliphatic rings. The van der Waals surface area contributed by atoms with Crippen molar-refractivity contribution in [1.29, 1.82) is 0 Å². The molecule has 1 heterocycles. The largest absolute Gasteiger partial charge is 0.389 e. The molecule has 1 saturated heterocycles. The molecule has 1 fully saturated rings. The molecule has 0 aliphatic carbocycles. The standard InChI is InChI=1S/C15H23N3O2/c16-17-14(19)11-15(20)7-4-9-18(10-8-15)12-13-5-2-1-3-6-13/h1-3,5-6,20H,4,7-12,16H2,(H,17,19). The van der Waals surface area contributed by atoms with Gasteiger partial charge in [0.1, 0.15) is 0 Å². The van der Waals surface area contributed by atoms with Crippen LogP contribution in [0.15, 0.2) is 30.3 Å². The fourth-order valence-corrected chi connectivity index (χ4v) is 2.76. The number of nitrogens with two attached hydrogens (primary N) is 1. The van der Waals surface area contributed by atoms with E-state index in [4.69, 9.17) is 5.84 Å². The smallest absolute Gasteiger partial charge is 0.236 e. The molecule has 1 unspecified atom stereocenters. The highest BCUT2D eigenvalue weighted by atomic mass is 16.3. The maximum Gasteiger partial charge on any atom is 0.236 e. The van der Waals surface area contributed by atoms with E-state index in [1.165, 1.54) is 5.56 Å². The van der Waals surface area contributed by atoms with Gasteiger partial charge in [0.25, 0.3) is 0 Å². The van der Waals surface area contributed by atoms with Gasteiger partial charge in [-0.2, -0.15) is 0 Å². The molecule has 20 heavy (non-hydrogen) atoms. The third-order valence-corrected chi connectivity index (χ3v) is 3.91. The summed E-state index contributed by atoms with van der Waals surface area (Å²) in [7, 11) is 0. The van der Waals surface area contributed by atoms with Crippen LogP contribution in [-0.2, 0) is 11.3 Å². The predicted molar refractivity (Wildman–Crippen MR) is 77.5 cm³/mol. The quantitative estimate of drug-likeness (QED) is 0.432. The Labute approximate surface area is 119 Å². The molecule has 2 rings (SSSR count). The highest BCUT2D eigenvalue weighted by molar-refractivity contribution is 5.76. The number of benzene rings is 1. The molecule has 1 aromatic rings. The summed E-state index contributed by atoms with van der Waals surface area (Å²) in [5.74, 6) is 4.79. The lowest BCUT2D eigenvalue weighted by molar-refractivity contribution is -0.126. The Morgan fingerprint density at radius 3 is 2.75 bits per heavy atom. The Hall–Kier alpha value is -1.43. The van der Waals surface area contributed by atoms with Gasteiger partial charge in [0.15, 0.2) is 0 Å². The molecule has 5 heteroatoms. The van der Waals surface area contributed by atoms with Crippen LogP contribution in [-0.4, -0.2) is 34.6 Å². The van der Waals surface area contributed by atoms with Crippen molar-refractivity contribution in [3.8, 4) is 0 Å². The third kappa shape index (κ3) is 4.30. The van der Waals surface area contributed by atoms with E-state index in [-0.39, 0.29) is 12.3 Å². The van der Waals surface area contributed by atoms with Crippen molar-refractivity contribution in [2.75, 3.05) is 13.1 Å². The lowest BCUT2D eigenvalue weighted by Gasteiger charge is -2.26. The molecule has 0 spiro atoms. The molecule has 1 atom stereocenters. The maximum absolute atomic E-state index is 11.4. The number of nitrogens with one attached hydrogen (secondary N) is 1. The molecule has 0 bridgehead atoms. The minimum absolute atomic E-state index is 0.0860. The van der Waals surface area contributed by atoms with Crippen molar-refractivity contribution in [3.63, 3.8) is 0 Å². The van der Waals surface area contributed by atoms with Crippen molar-refractivity contribution >= 4 is 5.91 Å². The number of hydrogen-bond donors (Lipinski definition) is 3. The molecule has 110 valence electrons. The first-order chi connectivity index (χ1) is 9.61. The summed E-state index contributed by atoms with van der Waals surface area (Å²) in [5.41, 5.74) is 2.45. The van der Waals surface area contributed by atoms with Crippen molar-refractivity contribution in [1.82, 2.24) is 10.3 Å². The van der Waals surface area contributed by atoms with Crippen LogP contribution in [0.1, 0.15) is 31.2 Å². The molecule has 0 saturated carbocycles. The van der Waals surface area contributed by atoms with Gasteiger partial charge in [-0.3, -0.25) is 15.1 Å². The molecule has 1 amide bonds. The summed E-state index contributed by atoms with van der Waals surface area (Å²) in [4.78, 5) is 13.7. The van der Waals surface area contributed by atoms with Gasteiger partial charge in [0.2, 0.25) is 5.91 Å². The van der Waals surface area contributed by atoms with Crippen molar-refractivity contribution in [2.45, 2.75) is 37.8 Å². The van der Waals surface area contributed by atoms with E-state index in [0.29, 0.717) is 12.8 Å². The number of aliphatic hydroxyl groups is 1. The Morgan fingerprint density at radius 1 is 1.30 bits per heavy atom. The van der Waals surface area contributed by atoms with Crippen LogP contribution in [0.3, 0.4) is 0 Å². The first-order valence-corrected chi connectivity index (χ1v) is 7.09. The van der Waals surface area contributed by atoms with Crippen LogP contribution in [0.4, 0.5) is 0 Å². The average molecular weight is 277 g/mol. The van der Waals surface area contributed by atoms with Gasteiger partial charge >= 0.3 is 0 Å². The topological polar surface area (TPSA) is 78.6 Å². The maximum atomic E-state index is 11.4. The van der Waals surface area contributed by atoms with Crippen molar-refractivity contribution in [2.24, 2.45) is 5.84 Å². The van der Waals surface area contributed by atoms with Gasteiger partial charge in [0, 0.05) is 13.1 Å². The number of rotatable bonds is 4. The van der Waals surface area contributed by atoms with E-state index in [9.17, 15) is 9.90 Å². The van der Waals surface area contributed by atoms with Crippen LogP contribution >= 0.6 is 0 Å². The zero-order valence-electron chi connectivity index (χ0n) is 11.7. The zero-order chi connectivity index (χ0) is 14.4. The lowest BCUT2D eigenvalue weighted by atomic mass is 9.91. The number of hydrogen-bond acceptors (Lipinski definition) is 4. The number of carbonyl (C=O) groups excluding carboxylic acids is 1. The van der Waals surface area contributed by atoms with E-state index < -0.39 is 5.60 Å². The fourth-order valence-electron chi connectivity index (χ4n) is 2.76. The monoisotopic (exact) mass is 277 g/mol. The number of nitrogens with zero attached hydrogens (tertiary/aromatic N) is 1. The average Bonchev–Trinajstić information content (AvgIpc) is 2.62. The van der Waals surface area contributed by atoms with Crippen molar-refractivity contribution < 1.29 is 9.90 Å².